The van der Waals surface area contributed by atoms with Crippen molar-refractivity contribution in [3.05, 3.63) is 18.2 Å². The van der Waals surface area contributed by atoms with Crippen LogP contribution in [0.3, 0.4) is 0 Å². The van der Waals surface area contributed by atoms with E-state index in [1.807, 2.05) is 0 Å². The van der Waals surface area contributed by atoms with E-state index in [2.05, 4.69) is 15.3 Å². The number of hydrogen-bond acceptors (Lipinski definition) is 3. The van der Waals surface area contributed by atoms with Gasteiger partial charge in [-0.2, -0.15) is 0 Å². The standard InChI is InChI=1S/C13H22N4O/c14-13(5-2-1-3-6-13)10-12(18)17-7-4-11-15-8-9-16-11/h8-9H,1-7,10,14H2,(H,15,16)(H,17,18). The highest BCUT2D eigenvalue weighted by Crippen LogP contribution is 2.28. The van der Waals surface area contributed by atoms with Gasteiger partial charge in [0, 0.05) is 37.3 Å². The molecule has 4 N–H and O–H groups in total. The van der Waals surface area contributed by atoms with Crippen molar-refractivity contribution in [1.29, 1.82) is 0 Å². The molecule has 1 aliphatic rings. The molecule has 1 saturated carbocycles. The monoisotopic (exact) mass is 250 g/mol. The van der Waals surface area contributed by atoms with Crippen molar-refractivity contribution < 1.29 is 4.79 Å². The van der Waals surface area contributed by atoms with Gasteiger partial charge in [0.25, 0.3) is 0 Å². The lowest BCUT2D eigenvalue weighted by Gasteiger charge is -2.32. The Kier molecular flexibility index (Phi) is 4.36. The third-order valence-electron chi connectivity index (χ3n) is 3.60. The van der Waals surface area contributed by atoms with E-state index in [0.29, 0.717) is 13.0 Å². The average molecular weight is 250 g/mol. The van der Waals surface area contributed by atoms with Gasteiger partial charge in [0.2, 0.25) is 5.91 Å². The Bertz CT molecular complexity index is 368. The van der Waals surface area contributed by atoms with E-state index < -0.39 is 0 Å². The lowest BCUT2D eigenvalue weighted by atomic mass is 9.80. The second kappa shape index (κ2) is 6.00. The Balaban J connectivity index is 1.68. The van der Waals surface area contributed by atoms with Gasteiger partial charge in [0.15, 0.2) is 0 Å². The number of hydrogen-bond donors (Lipinski definition) is 3. The first-order chi connectivity index (χ1) is 8.68. The zero-order chi connectivity index (χ0) is 12.8. The highest BCUT2D eigenvalue weighted by molar-refractivity contribution is 5.77. The highest BCUT2D eigenvalue weighted by Gasteiger charge is 2.29. The summed E-state index contributed by atoms with van der Waals surface area (Å²) < 4.78 is 0. The minimum absolute atomic E-state index is 0.0611. The van der Waals surface area contributed by atoms with Crippen LogP contribution in [0.5, 0.6) is 0 Å². The van der Waals surface area contributed by atoms with Crippen LogP contribution in [0.25, 0.3) is 0 Å². The van der Waals surface area contributed by atoms with E-state index in [9.17, 15) is 4.79 Å². The summed E-state index contributed by atoms with van der Waals surface area (Å²) in [6, 6.07) is 0. The molecule has 5 nitrogen and oxygen atoms in total. The summed E-state index contributed by atoms with van der Waals surface area (Å²) in [5.41, 5.74) is 5.98. The van der Waals surface area contributed by atoms with Gasteiger partial charge in [0.1, 0.15) is 5.82 Å². The summed E-state index contributed by atoms with van der Waals surface area (Å²) >= 11 is 0. The zero-order valence-electron chi connectivity index (χ0n) is 10.7. The van der Waals surface area contributed by atoms with E-state index in [0.717, 1.165) is 37.9 Å². The number of aromatic nitrogens is 2. The Morgan fingerprint density at radius 2 is 2.22 bits per heavy atom. The fourth-order valence-electron chi connectivity index (χ4n) is 2.57. The molecule has 0 aromatic carbocycles. The zero-order valence-corrected chi connectivity index (χ0v) is 10.7. The van der Waals surface area contributed by atoms with Crippen LogP contribution in [0.15, 0.2) is 12.4 Å². The van der Waals surface area contributed by atoms with Crippen molar-refractivity contribution in [2.75, 3.05) is 6.54 Å². The maximum atomic E-state index is 11.8. The van der Waals surface area contributed by atoms with E-state index in [-0.39, 0.29) is 11.4 Å². The summed E-state index contributed by atoms with van der Waals surface area (Å²) in [4.78, 5) is 18.9. The van der Waals surface area contributed by atoms with E-state index in [1.165, 1.54) is 6.42 Å². The first-order valence-electron chi connectivity index (χ1n) is 6.72. The molecule has 0 spiro atoms. The minimum Gasteiger partial charge on any atom is -0.356 e. The Hall–Kier alpha value is -1.36. The topological polar surface area (TPSA) is 83.8 Å². The molecule has 0 unspecified atom stereocenters. The van der Waals surface area contributed by atoms with Crippen LogP contribution in [0.1, 0.15) is 44.3 Å². The van der Waals surface area contributed by atoms with Crippen LogP contribution in [0, 0.1) is 0 Å². The smallest absolute Gasteiger partial charge is 0.221 e. The van der Waals surface area contributed by atoms with Gasteiger partial charge in [-0.05, 0) is 12.8 Å². The van der Waals surface area contributed by atoms with Gasteiger partial charge < -0.3 is 16.0 Å². The van der Waals surface area contributed by atoms with Crippen molar-refractivity contribution in [3.8, 4) is 0 Å². The van der Waals surface area contributed by atoms with Gasteiger partial charge in [-0.3, -0.25) is 4.79 Å². The van der Waals surface area contributed by atoms with Gasteiger partial charge in [-0.15, -0.1) is 0 Å². The van der Waals surface area contributed by atoms with Crippen molar-refractivity contribution in [2.24, 2.45) is 5.73 Å². The quantitative estimate of drug-likeness (QED) is 0.732. The largest absolute Gasteiger partial charge is 0.356 e. The highest BCUT2D eigenvalue weighted by atomic mass is 16.1. The molecular weight excluding hydrogens is 228 g/mol. The first kappa shape index (κ1) is 13.1. The predicted octanol–water partition coefficient (Wildman–Crippen LogP) is 1.12. The number of rotatable bonds is 5. The number of carbonyl (C=O) groups excluding carboxylic acids is 1. The van der Waals surface area contributed by atoms with E-state index >= 15 is 0 Å². The van der Waals surface area contributed by atoms with E-state index in [4.69, 9.17) is 5.73 Å². The number of carbonyl (C=O) groups is 1. The number of amides is 1. The molecule has 100 valence electrons. The number of imidazole rings is 1. The van der Waals surface area contributed by atoms with Crippen molar-refractivity contribution >= 4 is 5.91 Å². The molecule has 2 rings (SSSR count). The average Bonchev–Trinajstić information content (AvgIpc) is 2.82. The molecule has 0 saturated heterocycles. The van der Waals surface area contributed by atoms with Gasteiger partial charge in [0.05, 0.1) is 0 Å². The molecule has 0 bridgehead atoms. The summed E-state index contributed by atoms with van der Waals surface area (Å²) in [6.45, 7) is 0.614. The molecule has 0 aliphatic heterocycles. The van der Waals surface area contributed by atoms with Gasteiger partial charge in [-0.1, -0.05) is 19.3 Å². The van der Waals surface area contributed by atoms with Crippen molar-refractivity contribution in [2.45, 2.75) is 50.5 Å². The molecule has 1 aromatic rings. The Labute approximate surface area is 108 Å². The maximum absolute atomic E-state index is 11.8. The minimum atomic E-state index is -0.271. The summed E-state index contributed by atoms with van der Waals surface area (Å²) in [7, 11) is 0. The number of nitrogens with one attached hydrogen (secondary N) is 2. The normalized spacial score (nSPS) is 18.5. The molecule has 1 heterocycles. The van der Waals surface area contributed by atoms with Crippen LogP contribution in [-0.4, -0.2) is 28.0 Å². The first-order valence-corrected chi connectivity index (χ1v) is 6.72. The number of H-pyrrole nitrogens is 1. The molecule has 1 fully saturated rings. The van der Waals surface area contributed by atoms with E-state index in [1.54, 1.807) is 12.4 Å². The lowest BCUT2D eigenvalue weighted by molar-refractivity contribution is -0.122. The van der Waals surface area contributed by atoms with Crippen LogP contribution < -0.4 is 11.1 Å². The van der Waals surface area contributed by atoms with Gasteiger partial charge in [-0.25, -0.2) is 4.98 Å². The third kappa shape index (κ3) is 3.84. The third-order valence-corrected chi connectivity index (χ3v) is 3.60. The Morgan fingerprint density at radius 3 is 2.89 bits per heavy atom. The SMILES string of the molecule is NC1(CC(=O)NCCc2ncc[nH]2)CCCCC1. The number of nitrogens with zero attached hydrogens (tertiary/aromatic N) is 1. The number of nitrogens with two attached hydrogens (primary N) is 1. The molecular formula is C13H22N4O. The molecule has 18 heavy (non-hydrogen) atoms. The second-order valence-corrected chi connectivity index (χ2v) is 5.24. The summed E-state index contributed by atoms with van der Waals surface area (Å²) in [6.07, 6.45) is 10.2. The van der Waals surface area contributed by atoms with Crippen LogP contribution >= 0.6 is 0 Å². The molecule has 0 atom stereocenters. The van der Waals surface area contributed by atoms with Crippen LogP contribution in [0.2, 0.25) is 0 Å². The van der Waals surface area contributed by atoms with Gasteiger partial charge >= 0.3 is 0 Å². The van der Waals surface area contributed by atoms with Crippen LogP contribution in [-0.2, 0) is 11.2 Å². The fraction of sp³-hybridized carbons (Fsp3) is 0.692. The molecule has 5 heteroatoms. The van der Waals surface area contributed by atoms with Crippen molar-refractivity contribution in [1.82, 2.24) is 15.3 Å². The summed E-state index contributed by atoms with van der Waals surface area (Å²) in [5.74, 6) is 0.960. The van der Waals surface area contributed by atoms with Crippen LogP contribution in [0.4, 0.5) is 0 Å². The maximum Gasteiger partial charge on any atom is 0.221 e. The molecule has 0 radical (unpaired) electrons. The second-order valence-electron chi connectivity index (χ2n) is 5.24. The van der Waals surface area contributed by atoms with Crippen molar-refractivity contribution in [3.63, 3.8) is 0 Å². The molecule has 1 amide bonds. The lowest BCUT2D eigenvalue weighted by Crippen LogP contribution is -2.46. The predicted molar refractivity (Wildman–Crippen MR) is 69.9 cm³/mol. The molecule has 1 aromatic heterocycles. The fourth-order valence-corrected chi connectivity index (χ4v) is 2.57. The molecule has 1 aliphatic carbocycles. The number of aromatic amines is 1. The summed E-state index contributed by atoms with van der Waals surface area (Å²) in [5, 5.41) is 2.91. The Morgan fingerprint density at radius 1 is 1.44 bits per heavy atom.